The normalized spacial score (nSPS) is 8.12. The van der Waals surface area contributed by atoms with Gasteiger partial charge in [0.2, 0.25) is 0 Å². The van der Waals surface area contributed by atoms with Crippen molar-refractivity contribution >= 4 is 16.5 Å². The average Bonchev–Trinajstić information content (AvgIpc) is 1.87. The molecule has 1 rings (SSSR count). The quantitative estimate of drug-likeness (QED) is 0.713. The largest absolute Gasteiger partial charge is 0.473 e. The number of aromatic nitrogens is 1. The summed E-state index contributed by atoms with van der Waals surface area (Å²) in [7, 11) is 0. The molecule has 1 heterocycles. The second kappa shape index (κ2) is 3.81. The van der Waals surface area contributed by atoms with Gasteiger partial charge in [0, 0.05) is 44.1 Å². The molecular formula is C4H5AcN2S-. The molecule has 0 aliphatic rings. The summed E-state index contributed by atoms with van der Waals surface area (Å²) in [6.45, 7) is 1.88. The summed E-state index contributed by atoms with van der Waals surface area (Å²) in [6.07, 6.45) is 0. The monoisotopic (exact) mass is 340 g/mol. The maximum atomic E-state index is 6.92. The summed E-state index contributed by atoms with van der Waals surface area (Å²) < 4.78 is 0. The third-order valence-corrected chi connectivity index (χ3v) is 1.39. The fraction of sp³-hybridized carbons (Fsp3) is 0.250. The van der Waals surface area contributed by atoms with E-state index in [1.54, 1.807) is 0 Å². The number of aryl methyl sites for hydroxylation is 1. The third kappa shape index (κ3) is 2.43. The molecule has 2 nitrogen and oxygen atoms in total. The summed E-state index contributed by atoms with van der Waals surface area (Å²) >= 11 is 1.36. The van der Waals surface area contributed by atoms with Crippen molar-refractivity contribution in [1.29, 1.82) is 0 Å². The molecule has 41 valence electrons. The van der Waals surface area contributed by atoms with Crippen molar-refractivity contribution in [2.24, 2.45) is 0 Å². The second-order valence-corrected chi connectivity index (χ2v) is 2.15. The fourth-order valence-corrected chi connectivity index (χ4v) is 0.886. The van der Waals surface area contributed by atoms with Crippen LogP contribution in [0.3, 0.4) is 0 Å². The first-order valence-electron chi connectivity index (χ1n) is 1.93. The van der Waals surface area contributed by atoms with Gasteiger partial charge in [-0.15, -0.1) is 0 Å². The molecule has 0 aromatic carbocycles. The maximum absolute atomic E-state index is 6.92. The van der Waals surface area contributed by atoms with Crippen LogP contribution in [0.2, 0.25) is 0 Å². The molecule has 0 bridgehead atoms. The van der Waals surface area contributed by atoms with E-state index < -0.39 is 0 Å². The Morgan fingerprint density at radius 1 is 1.75 bits per heavy atom. The van der Waals surface area contributed by atoms with E-state index >= 15 is 0 Å². The van der Waals surface area contributed by atoms with Gasteiger partial charge in [-0.3, -0.25) is 0 Å². The summed E-state index contributed by atoms with van der Waals surface area (Å²) in [4.78, 5) is 3.80. The van der Waals surface area contributed by atoms with Gasteiger partial charge < -0.3 is 10.7 Å². The van der Waals surface area contributed by atoms with Gasteiger partial charge in [-0.1, -0.05) is 5.69 Å². The number of hydrogen-bond acceptors (Lipinski definition) is 2. The van der Waals surface area contributed by atoms with Crippen LogP contribution in [0.15, 0.2) is 5.38 Å². The molecule has 8 heavy (non-hydrogen) atoms. The molecule has 1 aromatic rings. The Bertz CT molecular complexity index is 146. The molecule has 0 atom stereocenters. The maximum Gasteiger partial charge on any atom is 0 e. The zero-order chi connectivity index (χ0) is 5.28. The Morgan fingerprint density at radius 3 is 2.50 bits per heavy atom. The summed E-state index contributed by atoms with van der Waals surface area (Å²) in [5, 5.41) is 2.26. The number of hydrogen-bond donors (Lipinski definition) is 0. The van der Waals surface area contributed by atoms with E-state index in [9.17, 15) is 0 Å². The molecule has 0 fully saturated rings. The Labute approximate surface area is 88.1 Å². The third-order valence-electron chi connectivity index (χ3n) is 0.619. The second-order valence-electron chi connectivity index (χ2n) is 1.29. The topological polar surface area (TPSA) is 36.7 Å². The van der Waals surface area contributed by atoms with Gasteiger partial charge in [0.25, 0.3) is 0 Å². The van der Waals surface area contributed by atoms with E-state index in [4.69, 9.17) is 5.73 Å². The van der Waals surface area contributed by atoms with Crippen LogP contribution in [0.5, 0.6) is 0 Å². The van der Waals surface area contributed by atoms with E-state index in [1.807, 2.05) is 12.3 Å². The molecule has 1 N–H and O–H groups in total. The van der Waals surface area contributed by atoms with Crippen LogP contribution in [0.25, 0.3) is 5.73 Å². The fourth-order valence-electron chi connectivity index (χ4n) is 0.354. The molecule has 0 spiro atoms. The molecule has 1 aromatic heterocycles. The zero-order valence-electron chi connectivity index (χ0n) is 4.51. The van der Waals surface area contributed by atoms with Crippen LogP contribution in [-0.2, 0) is 0 Å². The SMILES string of the molecule is Cc1csc([NH-])n1.[Ac]. The Hall–Kier alpha value is 0.872. The first-order chi connectivity index (χ1) is 3.29. The molecule has 0 saturated heterocycles. The molecule has 0 aliphatic heterocycles. The summed E-state index contributed by atoms with van der Waals surface area (Å²) in [5.41, 5.74) is 7.86. The first-order valence-corrected chi connectivity index (χ1v) is 2.81. The minimum atomic E-state index is 0. The van der Waals surface area contributed by atoms with Gasteiger partial charge >= 0.3 is 0 Å². The van der Waals surface area contributed by atoms with Crippen molar-refractivity contribution < 1.29 is 44.1 Å². The van der Waals surface area contributed by atoms with Crippen molar-refractivity contribution in [3.05, 3.63) is 16.8 Å². The van der Waals surface area contributed by atoms with Crippen molar-refractivity contribution in [2.45, 2.75) is 6.92 Å². The van der Waals surface area contributed by atoms with Gasteiger partial charge in [0.05, 0.1) is 0 Å². The standard InChI is InChI=1S/C4H5N2S.Ac/c1-3-2-7-4(5)6-3;/h2H,1H3,(H-,5,6);/q-1;. The summed E-state index contributed by atoms with van der Waals surface area (Å²) in [6, 6.07) is 0. The van der Waals surface area contributed by atoms with E-state index in [2.05, 4.69) is 4.98 Å². The molecule has 1 radical (unpaired) electrons. The average molecular weight is 340 g/mol. The molecule has 0 saturated carbocycles. The number of rotatable bonds is 0. The first kappa shape index (κ1) is 8.87. The zero-order valence-corrected chi connectivity index (χ0v) is 10.1. The Kier molecular flexibility index (Phi) is 4.23. The van der Waals surface area contributed by atoms with Crippen molar-refractivity contribution in [3.8, 4) is 0 Å². The van der Waals surface area contributed by atoms with Crippen LogP contribution in [-0.4, -0.2) is 4.98 Å². The smallest absolute Gasteiger partial charge is 0 e. The van der Waals surface area contributed by atoms with Crippen LogP contribution in [0.4, 0.5) is 5.13 Å². The minimum absolute atomic E-state index is 0. The molecule has 0 amide bonds. The molecule has 0 aliphatic carbocycles. The van der Waals surface area contributed by atoms with E-state index in [0.29, 0.717) is 5.13 Å². The van der Waals surface area contributed by atoms with E-state index in [0.717, 1.165) is 5.69 Å². The molecule has 4 heteroatoms. The predicted molar refractivity (Wildman–Crippen MR) is 30.8 cm³/mol. The minimum Gasteiger partial charge on any atom is -0.473 e. The van der Waals surface area contributed by atoms with E-state index in [-0.39, 0.29) is 44.1 Å². The van der Waals surface area contributed by atoms with Crippen molar-refractivity contribution in [2.75, 3.05) is 0 Å². The van der Waals surface area contributed by atoms with Crippen LogP contribution in [0.1, 0.15) is 5.69 Å². The number of nitrogens with zero attached hydrogens (tertiary/aromatic N) is 1. The predicted octanol–water partition coefficient (Wildman–Crippen LogP) is 2.14. The van der Waals surface area contributed by atoms with Crippen molar-refractivity contribution in [3.63, 3.8) is 0 Å². The van der Waals surface area contributed by atoms with Crippen LogP contribution >= 0.6 is 11.3 Å². The number of nitrogens with one attached hydrogen (secondary N) is 1. The van der Waals surface area contributed by atoms with Crippen LogP contribution in [0, 0.1) is 51.0 Å². The van der Waals surface area contributed by atoms with Gasteiger partial charge in [-0.2, -0.15) is 11.3 Å². The van der Waals surface area contributed by atoms with Gasteiger partial charge in [-0.25, -0.2) is 0 Å². The molecule has 0 unspecified atom stereocenters. The Balaban J connectivity index is 0.000000490. The van der Waals surface area contributed by atoms with E-state index in [1.165, 1.54) is 11.3 Å². The summed E-state index contributed by atoms with van der Waals surface area (Å²) in [5.74, 6) is 0. The van der Waals surface area contributed by atoms with Crippen molar-refractivity contribution in [1.82, 2.24) is 4.98 Å². The van der Waals surface area contributed by atoms with Gasteiger partial charge in [0.1, 0.15) is 0 Å². The Morgan fingerprint density at radius 2 is 2.38 bits per heavy atom. The number of thiazole rings is 1. The van der Waals surface area contributed by atoms with Crippen LogP contribution < -0.4 is 0 Å². The van der Waals surface area contributed by atoms with Gasteiger partial charge in [-0.05, 0) is 17.4 Å². The van der Waals surface area contributed by atoms with Gasteiger partial charge in [0.15, 0.2) is 0 Å². The molecular weight excluding hydrogens is 335 g/mol.